The molecule has 0 unspecified atom stereocenters. The molecule has 1 aromatic heterocycles. The van der Waals surface area contributed by atoms with Crippen LogP contribution in [-0.4, -0.2) is 41.1 Å². The first-order valence-electron chi connectivity index (χ1n) is 4.90. The molecule has 0 aliphatic rings. The van der Waals surface area contributed by atoms with E-state index in [2.05, 4.69) is 15.5 Å². The number of anilines is 1. The van der Waals surface area contributed by atoms with Gasteiger partial charge in [-0.25, -0.2) is 0 Å². The van der Waals surface area contributed by atoms with Crippen molar-refractivity contribution in [2.75, 3.05) is 25.5 Å². The third-order valence-corrected chi connectivity index (χ3v) is 2.91. The molecule has 1 heterocycles. The van der Waals surface area contributed by atoms with Crippen LogP contribution in [0.15, 0.2) is 0 Å². The van der Waals surface area contributed by atoms with Crippen LogP contribution in [0.2, 0.25) is 0 Å². The van der Waals surface area contributed by atoms with Gasteiger partial charge < -0.3 is 10.2 Å². The monoisotopic (exact) mass is 239 g/mol. The van der Waals surface area contributed by atoms with E-state index in [0.717, 1.165) is 0 Å². The molecule has 0 bridgehead atoms. The lowest BCUT2D eigenvalue weighted by Crippen LogP contribution is -2.31. The van der Waals surface area contributed by atoms with Crippen LogP contribution in [0.4, 0.5) is 5.13 Å². The molecule has 6 nitrogen and oxygen atoms in total. The molecule has 1 amide bonds. The molecule has 0 aliphatic carbocycles. The van der Waals surface area contributed by atoms with Gasteiger partial charge in [-0.2, -0.15) is 5.26 Å². The highest BCUT2D eigenvalue weighted by atomic mass is 32.1. The topological polar surface area (TPSA) is 81.9 Å². The first kappa shape index (κ1) is 12.4. The molecule has 16 heavy (non-hydrogen) atoms. The van der Waals surface area contributed by atoms with Crippen LogP contribution in [0, 0.1) is 11.3 Å². The van der Waals surface area contributed by atoms with E-state index in [1.165, 1.54) is 11.3 Å². The summed E-state index contributed by atoms with van der Waals surface area (Å²) in [5.41, 5.74) is 0. The number of amides is 1. The summed E-state index contributed by atoms with van der Waals surface area (Å²) in [4.78, 5) is 13.5. The molecule has 0 saturated carbocycles. The van der Waals surface area contributed by atoms with E-state index < -0.39 is 0 Å². The molecule has 0 aromatic carbocycles. The number of nitrogens with one attached hydrogen (secondary N) is 1. The fourth-order valence-electron chi connectivity index (χ4n) is 1.13. The quantitative estimate of drug-likeness (QED) is 0.827. The SMILES string of the molecule is CCN(CCC#N)C(=O)c1nnc(NC)s1. The van der Waals surface area contributed by atoms with Crippen LogP contribution in [-0.2, 0) is 0 Å². The van der Waals surface area contributed by atoms with E-state index in [9.17, 15) is 4.79 Å². The Hall–Kier alpha value is -1.68. The number of hydrogen-bond donors (Lipinski definition) is 1. The summed E-state index contributed by atoms with van der Waals surface area (Å²) >= 11 is 1.21. The lowest BCUT2D eigenvalue weighted by Gasteiger charge is -2.17. The zero-order valence-corrected chi connectivity index (χ0v) is 10.0. The summed E-state index contributed by atoms with van der Waals surface area (Å²) in [5.74, 6) is -0.170. The maximum Gasteiger partial charge on any atom is 0.284 e. The average molecular weight is 239 g/mol. The number of carbonyl (C=O) groups is 1. The van der Waals surface area contributed by atoms with Crippen molar-refractivity contribution in [3.63, 3.8) is 0 Å². The first-order valence-corrected chi connectivity index (χ1v) is 5.72. The van der Waals surface area contributed by atoms with Crippen LogP contribution in [0.25, 0.3) is 0 Å². The van der Waals surface area contributed by atoms with Gasteiger partial charge in [-0.1, -0.05) is 11.3 Å². The van der Waals surface area contributed by atoms with Crippen molar-refractivity contribution in [3.05, 3.63) is 5.01 Å². The van der Waals surface area contributed by atoms with Gasteiger partial charge in [-0.05, 0) is 6.92 Å². The van der Waals surface area contributed by atoms with E-state index in [0.29, 0.717) is 29.6 Å². The Morgan fingerprint density at radius 3 is 2.88 bits per heavy atom. The van der Waals surface area contributed by atoms with Crippen LogP contribution in [0.1, 0.15) is 23.1 Å². The third-order valence-electron chi connectivity index (χ3n) is 1.98. The summed E-state index contributed by atoms with van der Waals surface area (Å²) in [6, 6.07) is 2.02. The maximum absolute atomic E-state index is 11.9. The predicted octanol–water partition coefficient (Wildman–Crippen LogP) is 0.956. The van der Waals surface area contributed by atoms with E-state index in [4.69, 9.17) is 5.26 Å². The van der Waals surface area contributed by atoms with Crippen LogP contribution < -0.4 is 5.32 Å². The molecule has 0 saturated heterocycles. The van der Waals surface area contributed by atoms with Gasteiger partial charge in [0.25, 0.3) is 5.91 Å². The van der Waals surface area contributed by atoms with Crippen molar-refractivity contribution >= 4 is 22.4 Å². The number of aromatic nitrogens is 2. The Balaban J connectivity index is 2.71. The maximum atomic E-state index is 11.9. The summed E-state index contributed by atoms with van der Waals surface area (Å²) < 4.78 is 0. The zero-order chi connectivity index (χ0) is 12.0. The predicted molar refractivity (Wildman–Crippen MR) is 61.3 cm³/mol. The van der Waals surface area contributed by atoms with Crippen LogP contribution >= 0.6 is 11.3 Å². The van der Waals surface area contributed by atoms with Gasteiger partial charge in [0, 0.05) is 20.1 Å². The number of nitrogens with zero attached hydrogens (tertiary/aromatic N) is 4. The second-order valence-corrected chi connectivity index (χ2v) is 3.93. The number of nitriles is 1. The van der Waals surface area contributed by atoms with Crippen LogP contribution in [0.5, 0.6) is 0 Å². The van der Waals surface area contributed by atoms with Gasteiger partial charge in [0.2, 0.25) is 10.1 Å². The molecule has 0 fully saturated rings. The Morgan fingerprint density at radius 2 is 2.38 bits per heavy atom. The molecular formula is C9H13N5OS. The van der Waals surface area contributed by atoms with Gasteiger partial charge in [0.15, 0.2) is 0 Å². The van der Waals surface area contributed by atoms with E-state index in [1.807, 2.05) is 13.0 Å². The third kappa shape index (κ3) is 2.90. The van der Waals surface area contributed by atoms with Crippen molar-refractivity contribution in [2.24, 2.45) is 0 Å². The second kappa shape index (κ2) is 6.02. The van der Waals surface area contributed by atoms with Gasteiger partial charge in [-0.15, -0.1) is 10.2 Å². The highest BCUT2D eigenvalue weighted by Gasteiger charge is 2.18. The molecule has 0 atom stereocenters. The van der Waals surface area contributed by atoms with Crippen LogP contribution in [0.3, 0.4) is 0 Å². The van der Waals surface area contributed by atoms with E-state index in [-0.39, 0.29) is 5.91 Å². The Labute approximate surface area is 97.9 Å². The van der Waals surface area contributed by atoms with E-state index >= 15 is 0 Å². The highest BCUT2D eigenvalue weighted by Crippen LogP contribution is 2.16. The molecule has 1 rings (SSSR count). The average Bonchev–Trinajstić information content (AvgIpc) is 2.78. The Kier molecular flexibility index (Phi) is 4.66. The lowest BCUT2D eigenvalue weighted by molar-refractivity contribution is 0.0766. The largest absolute Gasteiger partial charge is 0.363 e. The minimum absolute atomic E-state index is 0.170. The van der Waals surface area contributed by atoms with Gasteiger partial charge in [0.1, 0.15) is 0 Å². The Bertz CT molecular complexity index is 397. The van der Waals surface area contributed by atoms with Gasteiger partial charge in [0.05, 0.1) is 12.5 Å². The minimum atomic E-state index is -0.170. The van der Waals surface area contributed by atoms with Gasteiger partial charge >= 0.3 is 0 Å². The number of carbonyl (C=O) groups excluding carboxylic acids is 1. The smallest absolute Gasteiger partial charge is 0.284 e. The molecular weight excluding hydrogens is 226 g/mol. The van der Waals surface area contributed by atoms with Crippen molar-refractivity contribution < 1.29 is 4.79 Å². The van der Waals surface area contributed by atoms with Crippen molar-refractivity contribution in [3.8, 4) is 6.07 Å². The fourth-order valence-corrected chi connectivity index (χ4v) is 1.80. The summed E-state index contributed by atoms with van der Waals surface area (Å²) in [6.45, 7) is 2.87. The van der Waals surface area contributed by atoms with E-state index in [1.54, 1.807) is 11.9 Å². The summed E-state index contributed by atoms with van der Waals surface area (Å²) in [5, 5.41) is 19.9. The zero-order valence-electron chi connectivity index (χ0n) is 9.23. The normalized spacial score (nSPS) is 9.56. The minimum Gasteiger partial charge on any atom is -0.363 e. The van der Waals surface area contributed by atoms with Crippen molar-refractivity contribution in [1.82, 2.24) is 15.1 Å². The molecule has 0 aliphatic heterocycles. The molecule has 1 N–H and O–H groups in total. The van der Waals surface area contributed by atoms with Gasteiger partial charge in [-0.3, -0.25) is 4.79 Å². The standard InChI is InChI=1S/C9H13N5OS/c1-3-14(6-4-5-10)8(15)7-12-13-9(11-2)16-7/h3-4,6H2,1-2H3,(H,11,13). The molecule has 0 radical (unpaired) electrons. The highest BCUT2D eigenvalue weighted by molar-refractivity contribution is 7.17. The fraction of sp³-hybridized carbons (Fsp3) is 0.556. The molecule has 7 heteroatoms. The number of hydrogen-bond acceptors (Lipinski definition) is 6. The second-order valence-electron chi connectivity index (χ2n) is 2.96. The van der Waals surface area contributed by atoms with Crippen molar-refractivity contribution in [1.29, 1.82) is 5.26 Å². The number of rotatable bonds is 5. The molecule has 0 spiro atoms. The lowest BCUT2D eigenvalue weighted by atomic mass is 10.4. The summed E-state index contributed by atoms with van der Waals surface area (Å²) in [7, 11) is 1.72. The molecule has 86 valence electrons. The summed E-state index contributed by atoms with van der Waals surface area (Å²) in [6.07, 6.45) is 0.331. The molecule has 1 aromatic rings. The Morgan fingerprint density at radius 1 is 1.62 bits per heavy atom. The van der Waals surface area contributed by atoms with Crippen molar-refractivity contribution in [2.45, 2.75) is 13.3 Å². The first-order chi connectivity index (χ1) is 7.72.